The first-order valence-corrected chi connectivity index (χ1v) is 18.7. The molecule has 4 amide bonds. The number of rotatable bonds is 32. The average Bonchev–Trinajstić information content (AvgIpc) is 3.09. The number of aliphatic carboxylic acids is 3. The Labute approximate surface area is 311 Å². The monoisotopic (exact) mass is 758 g/mol. The lowest BCUT2D eigenvalue weighted by Crippen LogP contribution is -2.51. The Morgan fingerprint density at radius 2 is 1.08 bits per heavy atom. The van der Waals surface area contributed by atoms with Crippen LogP contribution < -0.4 is 10.6 Å². The van der Waals surface area contributed by atoms with Gasteiger partial charge in [-0.2, -0.15) is 0 Å². The molecule has 0 unspecified atom stereocenters. The minimum absolute atomic E-state index is 0.0597. The maximum absolute atomic E-state index is 12.6. The van der Waals surface area contributed by atoms with Crippen LogP contribution in [-0.2, 0) is 33.6 Å². The summed E-state index contributed by atoms with van der Waals surface area (Å²) in [6.07, 6.45) is 11.7. The predicted octanol–water partition coefficient (Wildman–Crippen LogP) is 3.77. The lowest BCUT2D eigenvalue weighted by atomic mass is 9.94. The van der Waals surface area contributed by atoms with Gasteiger partial charge in [0.05, 0.1) is 12.8 Å². The van der Waals surface area contributed by atoms with Crippen LogP contribution in [0.1, 0.15) is 142 Å². The number of nitrogens with zero attached hydrogens (tertiary/aromatic N) is 2. The van der Waals surface area contributed by atoms with Gasteiger partial charge in [0.1, 0.15) is 12.1 Å². The zero-order valence-electron chi connectivity index (χ0n) is 31.3. The number of amides is 4. The predicted molar refractivity (Wildman–Crippen MR) is 192 cm³/mol. The van der Waals surface area contributed by atoms with E-state index in [1.165, 1.54) is 6.08 Å². The maximum Gasteiger partial charge on any atom is 0.336 e. The second-order valence-electron chi connectivity index (χ2n) is 13.3. The van der Waals surface area contributed by atoms with Gasteiger partial charge < -0.3 is 31.1 Å². The Bertz CT molecular complexity index is 1180. The molecule has 3 atom stereocenters. The van der Waals surface area contributed by atoms with Crippen molar-refractivity contribution in [2.45, 2.75) is 160 Å². The Morgan fingerprint density at radius 1 is 0.623 bits per heavy atom. The van der Waals surface area contributed by atoms with Gasteiger partial charge in [0.2, 0.25) is 17.7 Å². The molecule has 0 bridgehead atoms. The molecular formula is C36H62N4O13. The van der Waals surface area contributed by atoms with E-state index >= 15 is 0 Å². The fraction of sp³-hybridized carbons (Fsp3) is 0.750. The summed E-state index contributed by atoms with van der Waals surface area (Å²) in [6.45, 7) is 4.02. The fourth-order valence-electron chi connectivity index (χ4n) is 5.35. The van der Waals surface area contributed by atoms with Crippen molar-refractivity contribution >= 4 is 41.5 Å². The molecule has 0 aromatic carbocycles. The molecule has 0 saturated carbocycles. The van der Waals surface area contributed by atoms with Crippen LogP contribution in [0, 0.1) is 0 Å². The van der Waals surface area contributed by atoms with Crippen LogP contribution in [0.4, 0.5) is 0 Å². The number of carbonyl (C=O) groups excluding carboxylic acids is 4. The summed E-state index contributed by atoms with van der Waals surface area (Å²) in [6, 6.07) is -3.02. The largest absolute Gasteiger partial charge is 0.480 e. The van der Waals surface area contributed by atoms with Crippen LogP contribution in [0.2, 0.25) is 0 Å². The summed E-state index contributed by atoms with van der Waals surface area (Å²) < 4.78 is 0. The molecule has 0 aromatic heterocycles. The number of hydrogen-bond acceptors (Lipinski definition) is 10. The van der Waals surface area contributed by atoms with E-state index < -0.39 is 72.1 Å². The standard InChI is InChI=1S/C36H62N4O13/c1-3-5-7-9-10-12-14-22-32(44)40(53)24-18-16-20-28(34(47)48)38-30(42)26-36(51,35(49)50)25-29(41)37-27(33(45)46)19-15-17-23-39(52)31(43)21-13-11-8-6-4-2/h14,22,27-28,51-53H,3-13,15-21,23-26H2,1-2H3,(H,37,41)(H,38,42)(H,45,46)(H,47,48)(H,49,50)/b22-14+/t27-,28-,36+/m0/s1. The molecule has 0 fully saturated rings. The third kappa shape index (κ3) is 23.2. The number of hydrogen-bond donors (Lipinski definition) is 8. The highest BCUT2D eigenvalue weighted by Gasteiger charge is 2.42. The molecule has 53 heavy (non-hydrogen) atoms. The summed E-state index contributed by atoms with van der Waals surface area (Å²) >= 11 is 0. The summed E-state index contributed by atoms with van der Waals surface area (Å²) in [4.78, 5) is 84.7. The first-order valence-electron chi connectivity index (χ1n) is 18.7. The fourth-order valence-corrected chi connectivity index (χ4v) is 5.35. The molecule has 0 aliphatic carbocycles. The molecule has 17 nitrogen and oxygen atoms in total. The van der Waals surface area contributed by atoms with Crippen molar-refractivity contribution in [3.8, 4) is 0 Å². The first-order chi connectivity index (χ1) is 25.1. The van der Waals surface area contributed by atoms with Crippen molar-refractivity contribution in [2.75, 3.05) is 13.1 Å². The van der Waals surface area contributed by atoms with Crippen molar-refractivity contribution in [3.63, 3.8) is 0 Å². The van der Waals surface area contributed by atoms with Crippen LogP contribution in [0.15, 0.2) is 12.2 Å². The molecule has 0 aromatic rings. The van der Waals surface area contributed by atoms with Gasteiger partial charge in [0.15, 0.2) is 5.60 Å². The van der Waals surface area contributed by atoms with Crippen molar-refractivity contribution in [2.24, 2.45) is 0 Å². The van der Waals surface area contributed by atoms with E-state index in [0.29, 0.717) is 23.0 Å². The Morgan fingerprint density at radius 3 is 1.53 bits per heavy atom. The van der Waals surface area contributed by atoms with Crippen molar-refractivity contribution in [1.82, 2.24) is 20.8 Å². The van der Waals surface area contributed by atoms with E-state index in [2.05, 4.69) is 24.5 Å². The number of nitrogens with one attached hydrogen (secondary N) is 2. The highest BCUT2D eigenvalue weighted by molar-refractivity contribution is 5.93. The van der Waals surface area contributed by atoms with Gasteiger partial charge >= 0.3 is 17.9 Å². The summed E-state index contributed by atoms with van der Waals surface area (Å²) in [5.74, 6) is -8.37. The second-order valence-corrected chi connectivity index (χ2v) is 13.3. The number of carboxylic acids is 3. The minimum atomic E-state index is -3.00. The third-order valence-corrected chi connectivity index (χ3v) is 8.57. The third-order valence-electron chi connectivity index (χ3n) is 8.57. The van der Waals surface area contributed by atoms with Crippen LogP contribution in [0.5, 0.6) is 0 Å². The van der Waals surface area contributed by atoms with Gasteiger partial charge in [-0.15, -0.1) is 0 Å². The highest BCUT2D eigenvalue weighted by atomic mass is 16.5. The molecule has 0 spiro atoms. The number of hydroxylamine groups is 4. The molecule has 0 aliphatic heterocycles. The molecule has 0 rings (SSSR count). The van der Waals surface area contributed by atoms with E-state index in [1.807, 2.05) is 0 Å². The molecule has 0 aliphatic rings. The molecule has 0 radical (unpaired) electrons. The van der Waals surface area contributed by atoms with E-state index in [-0.39, 0.29) is 58.0 Å². The van der Waals surface area contributed by atoms with Gasteiger partial charge in [0, 0.05) is 25.6 Å². The normalized spacial score (nSPS) is 13.5. The van der Waals surface area contributed by atoms with Gasteiger partial charge in [-0.1, -0.05) is 71.3 Å². The molecule has 17 heteroatoms. The summed E-state index contributed by atoms with van der Waals surface area (Å²) in [5, 5.41) is 64.5. The molecule has 0 heterocycles. The van der Waals surface area contributed by atoms with Crippen molar-refractivity contribution < 1.29 is 64.4 Å². The first kappa shape index (κ1) is 48.9. The lowest BCUT2D eigenvalue weighted by Gasteiger charge is -2.24. The summed E-state index contributed by atoms with van der Waals surface area (Å²) in [7, 11) is 0. The zero-order chi connectivity index (χ0) is 40.2. The maximum atomic E-state index is 12.6. The minimum Gasteiger partial charge on any atom is -0.480 e. The second kappa shape index (κ2) is 28.4. The van der Waals surface area contributed by atoms with Gasteiger partial charge in [-0.3, -0.25) is 29.6 Å². The summed E-state index contributed by atoms with van der Waals surface area (Å²) in [5.41, 5.74) is -3.00. The van der Waals surface area contributed by atoms with Gasteiger partial charge in [-0.25, -0.2) is 24.5 Å². The van der Waals surface area contributed by atoms with Gasteiger partial charge in [-0.05, 0) is 57.8 Å². The number of unbranched alkanes of at least 4 members (excludes halogenated alkanes) is 11. The van der Waals surface area contributed by atoms with Crippen molar-refractivity contribution in [3.05, 3.63) is 12.2 Å². The molecule has 8 N–H and O–H groups in total. The topological polar surface area (TPSA) is 271 Å². The van der Waals surface area contributed by atoms with E-state index in [0.717, 1.165) is 57.8 Å². The number of aliphatic hydroxyl groups is 1. The number of carboxylic acid groups (broad SMARTS) is 3. The Kier molecular flexibility index (Phi) is 26.2. The Balaban J connectivity index is 4.85. The van der Waals surface area contributed by atoms with Crippen molar-refractivity contribution in [1.29, 1.82) is 0 Å². The molecule has 304 valence electrons. The smallest absolute Gasteiger partial charge is 0.336 e. The average molecular weight is 759 g/mol. The number of allylic oxidation sites excluding steroid dienone is 1. The van der Waals surface area contributed by atoms with Crippen LogP contribution in [0.3, 0.4) is 0 Å². The lowest BCUT2D eigenvalue weighted by molar-refractivity contribution is -0.166. The molecular weight excluding hydrogens is 696 g/mol. The SMILES string of the molecule is CCCCCCC/C=C/C(=O)N(O)CCCC[C@H](NC(=O)C[C@](O)(CC(=O)N[C@@H](CCCCN(O)C(=O)CCCCCCC)C(=O)O)C(=O)O)C(=O)O. The quantitative estimate of drug-likeness (QED) is 0.0210. The van der Waals surface area contributed by atoms with E-state index in [1.54, 1.807) is 6.08 Å². The van der Waals surface area contributed by atoms with Crippen LogP contribution in [-0.4, -0.2) is 113 Å². The van der Waals surface area contributed by atoms with Gasteiger partial charge in [0.25, 0.3) is 5.91 Å². The van der Waals surface area contributed by atoms with E-state index in [4.69, 9.17) is 0 Å². The van der Waals surface area contributed by atoms with Crippen LogP contribution >= 0.6 is 0 Å². The molecule has 0 saturated heterocycles. The number of carbonyl (C=O) groups is 7. The Hall–Kier alpha value is -4.09. The van der Waals surface area contributed by atoms with E-state index in [9.17, 15) is 64.4 Å². The van der Waals surface area contributed by atoms with Crippen LogP contribution in [0.25, 0.3) is 0 Å². The zero-order valence-corrected chi connectivity index (χ0v) is 31.3. The highest BCUT2D eigenvalue weighted by Crippen LogP contribution is 2.18.